The van der Waals surface area contributed by atoms with Gasteiger partial charge in [-0.3, -0.25) is 9.59 Å². The molecule has 1 aliphatic rings. The van der Waals surface area contributed by atoms with Crippen LogP contribution < -0.4 is 0 Å². The lowest BCUT2D eigenvalue weighted by molar-refractivity contribution is -0.157. The number of ether oxygens (including phenoxy) is 3. The van der Waals surface area contributed by atoms with E-state index < -0.39 is 11.9 Å². The standard InChI is InChI=1S/C10H16O5/c1-2-13-8-3-5-14-9(11)7-10(12)15-6-4-8/h8H,2-7H2,1H3. The summed E-state index contributed by atoms with van der Waals surface area (Å²) < 4.78 is 15.1. The molecule has 0 unspecified atom stereocenters. The molecule has 1 aliphatic heterocycles. The maximum atomic E-state index is 11.0. The first-order valence-electron chi connectivity index (χ1n) is 5.15. The van der Waals surface area contributed by atoms with Crippen LogP contribution in [0.3, 0.4) is 0 Å². The number of cyclic esters (lactones) is 2. The average molecular weight is 216 g/mol. The van der Waals surface area contributed by atoms with E-state index in [4.69, 9.17) is 14.2 Å². The van der Waals surface area contributed by atoms with Crippen LogP contribution in [0.25, 0.3) is 0 Å². The summed E-state index contributed by atoms with van der Waals surface area (Å²) >= 11 is 0. The molecule has 0 aromatic heterocycles. The van der Waals surface area contributed by atoms with E-state index in [0.29, 0.717) is 32.7 Å². The highest BCUT2D eigenvalue weighted by molar-refractivity contribution is 5.91. The van der Waals surface area contributed by atoms with Gasteiger partial charge in [-0.05, 0) is 6.92 Å². The number of carbonyl (C=O) groups is 2. The first-order chi connectivity index (χ1) is 7.22. The number of hydrogen-bond donors (Lipinski definition) is 0. The summed E-state index contributed by atoms with van der Waals surface area (Å²) in [4.78, 5) is 22.0. The zero-order chi connectivity index (χ0) is 11.1. The highest BCUT2D eigenvalue weighted by atomic mass is 16.6. The van der Waals surface area contributed by atoms with Crippen molar-refractivity contribution in [2.45, 2.75) is 32.3 Å². The van der Waals surface area contributed by atoms with Crippen LogP contribution >= 0.6 is 0 Å². The fraction of sp³-hybridized carbons (Fsp3) is 0.800. The molecule has 0 spiro atoms. The van der Waals surface area contributed by atoms with Gasteiger partial charge in [0.15, 0.2) is 0 Å². The van der Waals surface area contributed by atoms with Crippen molar-refractivity contribution in [2.75, 3.05) is 19.8 Å². The lowest BCUT2D eigenvalue weighted by atomic mass is 10.2. The van der Waals surface area contributed by atoms with Gasteiger partial charge in [0.2, 0.25) is 0 Å². The Morgan fingerprint density at radius 1 is 1.20 bits per heavy atom. The van der Waals surface area contributed by atoms with Gasteiger partial charge >= 0.3 is 11.9 Å². The van der Waals surface area contributed by atoms with Crippen molar-refractivity contribution in [1.29, 1.82) is 0 Å². The van der Waals surface area contributed by atoms with Crippen molar-refractivity contribution < 1.29 is 23.8 Å². The predicted octanol–water partition coefficient (Wildman–Crippen LogP) is 0.662. The second-order valence-electron chi connectivity index (χ2n) is 3.27. The summed E-state index contributed by atoms with van der Waals surface area (Å²) in [5.41, 5.74) is 0. The third kappa shape index (κ3) is 4.78. The summed E-state index contributed by atoms with van der Waals surface area (Å²) in [5.74, 6) is -1.06. The van der Waals surface area contributed by atoms with E-state index in [1.807, 2.05) is 6.92 Å². The number of carbonyl (C=O) groups excluding carboxylic acids is 2. The first-order valence-corrected chi connectivity index (χ1v) is 5.15. The van der Waals surface area contributed by atoms with E-state index in [1.165, 1.54) is 0 Å². The van der Waals surface area contributed by atoms with Crippen molar-refractivity contribution in [2.24, 2.45) is 0 Å². The van der Waals surface area contributed by atoms with Gasteiger partial charge in [-0.1, -0.05) is 0 Å². The molecule has 5 nitrogen and oxygen atoms in total. The van der Waals surface area contributed by atoms with Crippen molar-refractivity contribution >= 4 is 11.9 Å². The molecule has 1 heterocycles. The number of rotatable bonds is 2. The molecule has 0 aliphatic carbocycles. The third-order valence-corrected chi connectivity index (χ3v) is 2.10. The van der Waals surface area contributed by atoms with Crippen molar-refractivity contribution in [3.05, 3.63) is 0 Å². The highest BCUT2D eigenvalue weighted by Crippen LogP contribution is 2.07. The van der Waals surface area contributed by atoms with Crippen LogP contribution in [0.5, 0.6) is 0 Å². The molecule has 0 atom stereocenters. The molecular formula is C10H16O5. The SMILES string of the molecule is CCOC1CCOC(=O)CC(=O)OCC1. The average Bonchev–Trinajstić information content (AvgIpc) is 2.17. The van der Waals surface area contributed by atoms with Gasteiger partial charge in [-0.25, -0.2) is 0 Å². The molecule has 86 valence electrons. The Bertz CT molecular complexity index is 206. The van der Waals surface area contributed by atoms with E-state index >= 15 is 0 Å². The van der Waals surface area contributed by atoms with Gasteiger partial charge in [0.05, 0.1) is 19.3 Å². The quantitative estimate of drug-likeness (QED) is 0.501. The number of esters is 2. The summed E-state index contributed by atoms with van der Waals surface area (Å²) in [6.07, 6.45) is 1.00. The lowest BCUT2D eigenvalue weighted by Gasteiger charge is -2.18. The molecule has 0 aromatic carbocycles. The van der Waals surface area contributed by atoms with E-state index in [0.717, 1.165) is 0 Å². The summed E-state index contributed by atoms with van der Waals surface area (Å²) in [5, 5.41) is 0. The van der Waals surface area contributed by atoms with Gasteiger partial charge in [0.25, 0.3) is 0 Å². The molecule has 0 amide bonds. The van der Waals surface area contributed by atoms with Gasteiger partial charge in [0, 0.05) is 19.4 Å². The Morgan fingerprint density at radius 2 is 1.73 bits per heavy atom. The van der Waals surface area contributed by atoms with Crippen molar-refractivity contribution in [3.63, 3.8) is 0 Å². The Labute approximate surface area is 88.7 Å². The molecule has 0 bridgehead atoms. The maximum Gasteiger partial charge on any atom is 0.317 e. The minimum Gasteiger partial charge on any atom is -0.465 e. The van der Waals surface area contributed by atoms with Gasteiger partial charge < -0.3 is 14.2 Å². The Kier molecular flexibility index (Phi) is 5.10. The molecule has 1 saturated heterocycles. The van der Waals surface area contributed by atoms with Crippen LogP contribution in [0, 0.1) is 0 Å². The number of hydrogen-bond acceptors (Lipinski definition) is 5. The molecule has 5 heteroatoms. The van der Waals surface area contributed by atoms with E-state index in [2.05, 4.69) is 0 Å². The summed E-state index contributed by atoms with van der Waals surface area (Å²) in [7, 11) is 0. The normalized spacial score (nSPS) is 20.6. The van der Waals surface area contributed by atoms with Crippen LogP contribution in [0.1, 0.15) is 26.2 Å². The monoisotopic (exact) mass is 216 g/mol. The van der Waals surface area contributed by atoms with Gasteiger partial charge in [-0.2, -0.15) is 0 Å². The predicted molar refractivity (Wildman–Crippen MR) is 51.2 cm³/mol. The van der Waals surface area contributed by atoms with Crippen LogP contribution in [0.2, 0.25) is 0 Å². The Morgan fingerprint density at radius 3 is 2.20 bits per heavy atom. The molecule has 0 radical (unpaired) electrons. The fourth-order valence-electron chi connectivity index (χ4n) is 1.38. The molecule has 0 saturated carbocycles. The van der Waals surface area contributed by atoms with Crippen molar-refractivity contribution in [3.8, 4) is 0 Å². The lowest BCUT2D eigenvalue weighted by Crippen LogP contribution is -2.24. The molecule has 1 rings (SSSR count). The minimum absolute atomic E-state index is 0.00583. The molecule has 15 heavy (non-hydrogen) atoms. The largest absolute Gasteiger partial charge is 0.465 e. The van der Waals surface area contributed by atoms with Crippen LogP contribution in [-0.4, -0.2) is 37.9 Å². The second kappa shape index (κ2) is 6.40. The maximum absolute atomic E-state index is 11.0. The first kappa shape index (κ1) is 12.0. The zero-order valence-corrected chi connectivity index (χ0v) is 8.86. The van der Waals surface area contributed by atoms with E-state index in [1.54, 1.807) is 0 Å². The highest BCUT2D eigenvalue weighted by Gasteiger charge is 2.17. The van der Waals surface area contributed by atoms with Gasteiger partial charge in [0.1, 0.15) is 6.42 Å². The van der Waals surface area contributed by atoms with Crippen LogP contribution in [-0.2, 0) is 23.8 Å². The molecule has 0 N–H and O–H groups in total. The summed E-state index contributed by atoms with van der Waals surface area (Å²) in [6, 6.07) is 0. The van der Waals surface area contributed by atoms with E-state index in [9.17, 15) is 9.59 Å². The topological polar surface area (TPSA) is 61.8 Å². The summed E-state index contributed by atoms with van der Waals surface area (Å²) in [6.45, 7) is 3.11. The van der Waals surface area contributed by atoms with Crippen LogP contribution in [0.4, 0.5) is 0 Å². The van der Waals surface area contributed by atoms with Crippen LogP contribution in [0.15, 0.2) is 0 Å². The second-order valence-corrected chi connectivity index (χ2v) is 3.27. The molecule has 1 fully saturated rings. The zero-order valence-electron chi connectivity index (χ0n) is 8.86. The van der Waals surface area contributed by atoms with Crippen molar-refractivity contribution in [1.82, 2.24) is 0 Å². The minimum atomic E-state index is -0.530. The molecular weight excluding hydrogens is 200 g/mol. The van der Waals surface area contributed by atoms with E-state index in [-0.39, 0.29) is 12.5 Å². The molecule has 0 aromatic rings. The smallest absolute Gasteiger partial charge is 0.317 e. The third-order valence-electron chi connectivity index (χ3n) is 2.10. The fourth-order valence-corrected chi connectivity index (χ4v) is 1.38. The Hall–Kier alpha value is -1.10. The van der Waals surface area contributed by atoms with Gasteiger partial charge in [-0.15, -0.1) is 0 Å². The Balaban J connectivity index is 2.42.